The van der Waals surface area contributed by atoms with Gasteiger partial charge in [0, 0.05) is 50.4 Å². The Morgan fingerprint density at radius 1 is 1.26 bits per heavy atom. The number of amides is 2. The first-order valence-corrected chi connectivity index (χ1v) is 7.97. The van der Waals surface area contributed by atoms with E-state index in [0.29, 0.717) is 24.7 Å². The predicted octanol–water partition coefficient (Wildman–Crippen LogP) is 2.36. The van der Waals surface area contributed by atoms with E-state index in [4.69, 9.17) is 16.1 Å². The third-order valence-corrected chi connectivity index (χ3v) is 4.10. The van der Waals surface area contributed by atoms with Crippen LogP contribution in [0.2, 0.25) is 5.02 Å². The average molecular weight is 335 g/mol. The fourth-order valence-electron chi connectivity index (χ4n) is 2.59. The van der Waals surface area contributed by atoms with Crippen LogP contribution in [0.4, 0.5) is 4.79 Å². The zero-order chi connectivity index (χ0) is 16.1. The maximum atomic E-state index is 12.2. The van der Waals surface area contributed by atoms with Gasteiger partial charge < -0.3 is 14.7 Å². The van der Waals surface area contributed by atoms with Crippen molar-refractivity contribution in [2.75, 3.05) is 26.2 Å². The van der Waals surface area contributed by atoms with Crippen molar-refractivity contribution in [2.45, 2.75) is 13.1 Å². The molecule has 1 fully saturated rings. The van der Waals surface area contributed by atoms with E-state index in [0.717, 1.165) is 30.9 Å². The number of carbonyl (C=O) groups is 1. The molecule has 0 aliphatic carbocycles. The molecular formula is C16H19ClN4O2. The molecule has 0 radical (unpaired) electrons. The minimum absolute atomic E-state index is 0.0361. The smallest absolute Gasteiger partial charge is 0.317 e. The lowest BCUT2D eigenvalue weighted by Gasteiger charge is -2.34. The largest absolute Gasteiger partial charge is 0.364 e. The van der Waals surface area contributed by atoms with Gasteiger partial charge in [-0.2, -0.15) is 0 Å². The van der Waals surface area contributed by atoms with E-state index in [1.807, 2.05) is 35.2 Å². The third kappa shape index (κ3) is 4.46. The van der Waals surface area contributed by atoms with Crippen molar-refractivity contribution in [1.82, 2.24) is 20.3 Å². The molecule has 0 bridgehead atoms. The Morgan fingerprint density at radius 2 is 2.09 bits per heavy atom. The highest BCUT2D eigenvalue weighted by molar-refractivity contribution is 6.30. The Bertz CT molecular complexity index is 639. The monoisotopic (exact) mass is 334 g/mol. The minimum Gasteiger partial charge on any atom is -0.364 e. The molecule has 3 rings (SSSR count). The number of rotatable bonds is 4. The summed E-state index contributed by atoms with van der Waals surface area (Å²) in [6, 6.07) is 9.34. The zero-order valence-electron chi connectivity index (χ0n) is 12.7. The first-order chi connectivity index (χ1) is 11.2. The van der Waals surface area contributed by atoms with Crippen LogP contribution in [0.1, 0.15) is 11.3 Å². The summed E-state index contributed by atoms with van der Waals surface area (Å²) in [6.07, 6.45) is 1.58. The molecule has 0 unspecified atom stereocenters. The van der Waals surface area contributed by atoms with Crippen LogP contribution in [0.5, 0.6) is 0 Å². The quantitative estimate of drug-likeness (QED) is 0.932. The summed E-state index contributed by atoms with van der Waals surface area (Å²) in [5.41, 5.74) is 1.92. The van der Waals surface area contributed by atoms with Crippen LogP contribution in [-0.4, -0.2) is 47.2 Å². The minimum atomic E-state index is -0.0361. The Kier molecular flexibility index (Phi) is 5.15. The SMILES string of the molecule is O=C(NCc1cccc(Cl)c1)N1CCN(Cc2ccon2)CC1. The Balaban J connectivity index is 1.43. The molecule has 23 heavy (non-hydrogen) atoms. The van der Waals surface area contributed by atoms with Crippen molar-refractivity contribution in [2.24, 2.45) is 0 Å². The standard InChI is InChI=1S/C16H19ClN4O2/c17-14-3-1-2-13(10-14)11-18-16(22)21-7-5-20(6-8-21)12-15-4-9-23-19-15/h1-4,9-10H,5-8,11-12H2,(H,18,22). The molecule has 1 aliphatic heterocycles. The lowest BCUT2D eigenvalue weighted by molar-refractivity contribution is 0.133. The second kappa shape index (κ2) is 7.48. The van der Waals surface area contributed by atoms with Gasteiger partial charge in [0.25, 0.3) is 0 Å². The highest BCUT2D eigenvalue weighted by Crippen LogP contribution is 2.11. The first-order valence-electron chi connectivity index (χ1n) is 7.59. The average Bonchev–Trinajstić information content (AvgIpc) is 3.06. The van der Waals surface area contributed by atoms with Crippen LogP contribution < -0.4 is 5.32 Å². The molecule has 1 aliphatic rings. The van der Waals surface area contributed by atoms with Gasteiger partial charge in [-0.15, -0.1) is 0 Å². The van der Waals surface area contributed by atoms with Crippen molar-refractivity contribution in [3.8, 4) is 0 Å². The Morgan fingerprint density at radius 3 is 2.78 bits per heavy atom. The molecule has 1 N–H and O–H groups in total. The number of aromatic nitrogens is 1. The van der Waals surface area contributed by atoms with Crippen LogP contribution >= 0.6 is 11.6 Å². The summed E-state index contributed by atoms with van der Waals surface area (Å²) < 4.78 is 4.84. The first kappa shape index (κ1) is 15.8. The van der Waals surface area contributed by atoms with Gasteiger partial charge in [-0.1, -0.05) is 28.9 Å². The highest BCUT2D eigenvalue weighted by Gasteiger charge is 2.21. The highest BCUT2D eigenvalue weighted by atomic mass is 35.5. The number of halogens is 1. The van der Waals surface area contributed by atoms with E-state index in [1.54, 1.807) is 6.26 Å². The number of hydrogen-bond donors (Lipinski definition) is 1. The van der Waals surface area contributed by atoms with Gasteiger partial charge >= 0.3 is 6.03 Å². The number of carbonyl (C=O) groups excluding carboxylic acids is 1. The Hall–Kier alpha value is -2.05. The van der Waals surface area contributed by atoms with Gasteiger partial charge in [-0.25, -0.2) is 4.79 Å². The molecule has 0 atom stereocenters. The number of benzene rings is 1. The molecule has 1 aromatic heterocycles. The normalized spacial score (nSPS) is 15.6. The number of nitrogens with one attached hydrogen (secondary N) is 1. The van der Waals surface area contributed by atoms with E-state index >= 15 is 0 Å². The number of piperazine rings is 1. The molecule has 6 nitrogen and oxygen atoms in total. The molecule has 0 spiro atoms. The number of nitrogens with zero attached hydrogens (tertiary/aromatic N) is 3. The fourth-order valence-corrected chi connectivity index (χ4v) is 2.81. The van der Waals surface area contributed by atoms with Gasteiger partial charge in [0.2, 0.25) is 0 Å². The molecule has 7 heteroatoms. The van der Waals surface area contributed by atoms with Crippen LogP contribution in [0.25, 0.3) is 0 Å². The molecule has 2 heterocycles. The molecule has 122 valence electrons. The second-order valence-electron chi connectivity index (χ2n) is 5.54. The van der Waals surface area contributed by atoms with Crippen LogP contribution in [0.15, 0.2) is 41.1 Å². The number of hydrogen-bond acceptors (Lipinski definition) is 4. The van der Waals surface area contributed by atoms with Gasteiger partial charge in [-0.3, -0.25) is 4.90 Å². The van der Waals surface area contributed by atoms with Crippen molar-refractivity contribution in [3.05, 3.63) is 52.9 Å². The predicted molar refractivity (Wildman–Crippen MR) is 87.0 cm³/mol. The van der Waals surface area contributed by atoms with Gasteiger partial charge in [0.1, 0.15) is 6.26 Å². The topological polar surface area (TPSA) is 61.6 Å². The Labute approximate surface area is 140 Å². The summed E-state index contributed by atoms with van der Waals surface area (Å²) in [6.45, 7) is 4.32. The lowest BCUT2D eigenvalue weighted by Crippen LogP contribution is -2.51. The van der Waals surface area contributed by atoms with Gasteiger partial charge in [-0.05, 0) is 17.7 Å². The van der Waals surface area contributed by atoms with Crippen molar-refractivity contribution in [3.63, 3.8) is 0 Å². The molecule has 2 aromatic rings. The lowest BCUT2D eigenvalue weighted by atomic mass is 10.2. The molecule has 1 saturated heterocycles. The van der Waals surface area contributed by atoms with Crippen LogP contribution in [-0.2, 0) is 13.1 Å². The van der Waals surface area contributed by atoms with Crippen LogP contribution in [0, 0.1) is 0 Å². The van der Waals surface area contributed by atoms with E-state index in [2.05, 4.69) is 15.4 Å². The summed E-state index contributed by atoms with van der Waals surface area (Å²) >= 11 is 5.94. The van der Waals surface area contributed by atoms with E-state index < -0.39 is 0 Å². The number of urea groups is 1. The fraction of sp³-hybridized carbons (Fsp3) is 0.375. The van der Waals surface area contributed by atoms with E-state index in [9.17, 15) is 4.79 Å². The van der Waals surface area contributed by atoms with Gasteiger partial charge in [0.05, 0.1) is 5.69 Å². The van der Waals surface area contributed by atoms with E-state index in [-0.39, 0.29) is 6.03 Å². The van der Waals surface area contributed by atoms with Crippen molar-refractivity contribution >= 4 is 17.6 Å². The van der Waals surface area contributed by atoms with Gasteiger partial charge in [0.15, 0.2) is 0 Å². The molecule has 2 amide bonds. The maximum Gasteiger partial charge on any atom is 0.317 e. The second-order valence-corrected chi connectivity index (χ2v) is 5.98. The zero-order valence-corrected chi connectivity index (χ0v) is 13.5. The summed E-state index contributed by atoms with van der Waals surface area (Å²) in [5.74, 6) is 0. The summed E-state index contributed by atoms with van der Waals surface area (Å²) in [5, 5.41) is 7.53. The third-order valence-electron chi connectivity index (χ3n) is 3.87. The molecule has 1 aromatic carbocycles. The summed E-state index contributed by atoms with van der Waals surface area (Å²) in [4.78, 5) is 16.3. The molecule has 0 saturated carbocycles. The van der Waals surface area contributed by atoms with E-state index in [1.165, 1.54) is 0 Å². The van der Waals surface area contributed by atoms with Crippen molar-refractivity contribution < 1.29 is 9.32 Å². The van der Waals surface area contributed by atoms with Crippen LogP contribution in [0.3, 0.4) is 0 Å². The van der Waals surface area contributed by atoms with Crippen molar-refractivity contribution in [1.29, 1.82) is 0 Å². The summed E-state index contributed by atoms with van der Waals surface area (Å²) in [7, 11) is 0. The maximum absolute atomic E-state index is 12.2. The molecular weight excluding hydrogens is 316 g/mol.